The Labute approximate surface area is 274 Å². The van der Waals surface area contributed by atoms with Crippen LogP contribution in [0, 0.1) is 0 Å². The fourth-order valence-electron chi connectivity index (χ4n) is 5.29. The first-order valence-electron chi connectivity index (χ1n) is 14.4. The van der Waals surface area contributed by atoms with E-state index in [1.54, 1.807) is 31.8 Å². The number of methoxy groups -OCH3 is 2. The second kappa shape index (κ2) is 13.5. The SMILES string of the molecule is COc1cccc([C@@H]2C(C(=O)Nc3ccccc3)=C(C)N=c3s/c(=C\c4ccc(OCc5cccc(Cl)c5)c(OC)c4)c(=O)n32)c1. The van der Waals surface area contributed by atoms with Gasteiger partial charge in [0.15, 0.2) is 16.3 Å². The number of nitrogens with one attached hydrogen (secondary N) is 1. The van der Waals surface area contributed by atoms with Crippen molar-refractivity contribution in [1.29, 1.82) is 0 Å². The van der Waals surface area contributed by atoms with E-state index in [1.165, 1.54) is 11.3 Å². The number of thiazole rings is 1. The number of carbonyl (C=O) groups is 1. The molecule has 1 amide bonds. The highest BCUT2D eigenvalue weighted by Gasteiger charge is 2.32. The van der Waals surface area contributed by atoms with Crippen molar-refractivity contribution in [2.24, 2.45) is 4.99 Å². The fourth-order valence-corrected chi connectivity index (χ4v) is 6.55. The highest BCUT2D eigenvalue weighted by molar-refractivity contribution is 7.07. The molecular weight excluding hydrogens is 622 g/mol. The Morgan fingerprint density at radius 1 is 0.957 bits per heavy atom. The molecule has 0 spiro atoms. The summed E-state index contributed by atoms with van der Waals surface area (Å²) >= 11 is 7.37. The summed E-state index contributed by atoms with van der Waals surface area (Å²) in [7, 11) is 3.15. The van der Waals surface area contributed by atoms with E-state index in [0.29, 0.717) is 55.2 Å². The first-order valence-corrected chi connectivity index (χ1v) is 15.6. The van der Waals surface area contributed by atoms with Crippen molar-refractivity contribution >= 4 is 40.6 Å². The Morgan fingerprint density at radius 3 is 2.52 bits per heavy atom. The van der Waals surface area contributed by atoms with Gasteiger partial charge in [0.1, 0.15) is 12.4 Å². The van der Waals surface area contributed by atoms with E-state index in [2.05, 4.69) is 5.32 Å². The van der Waals surface area contributed by atoms with Crippen LogP contribution in [0.15, 0.2) is 118 Å². The van der Waals surface area contributed by atoms with Crippen molar-refractivity contribution in [3.63, 3.8) is 0 Å². The van der Waals surface area contributed by atoms with Gasteiger partial charge in [0.2, 0.25) is 0 Å². The van der Waals surface area contributed by atoms with Gasteiger partial charge in [0, 0.05) is 10.7 Å². The van der Waals surface area contributed by atoms with Crippen molar-refractivity contribution < 1.29 is 19.0 Å². The van der Waals surface area contributed by atoms with E-state index in [0.717, 1.165) is 16.7 Å². The van der Waals surface area contributed by atoms with Crippen LogP contribution in [0.2, 0.25) is 5.02 Å². The van der Waals surface area contributed by atoms with Crippen molar-refractivity contribution in [1.82, 2.24) is 4.57 Å². The molecule has 1 aromatic heterocycles. The lowest BCUT2D eigenvalue weighted by molar-refractivity contribution is -0.113. The van der Waals surface area contributed by atoms with E-state index < -0.39 is 6.04 Å². The summed E-state index contributed by atoms with van der Waals surface area (Å²) in [5, 5.41) is 3.61. The van der Waals surface area contributed by atoms with Gasteiger partial charge in [-0.3, -0.25) is 14.2 Å². The Kier molecular flexibility index (Phi) is 9.05. The maximum Gasteiger partial charge on any atom is 0.271 e. The number of halogens is 1. The van der Waals surface area contributed by atoms with Gasteiger partial charge in [-0.1, -0.05) is 71.5 Å². The van der Waals surface area contributed by atoms with Crippen LogP contribution in [0.3, 0.4) is 0 Å². The molecule has 8 nitrogen and oxygen atoms in total. The van der Waals surface area contributed by atoms with Crippen LogP contribution < -0.4 is 34.4 Å². The van der Waals surface area contributed by atoms with E-state index in [4.69, 9.17) is 30.8 Å². The summed E-state index contributed by atoms with van der Waals surface area (Å²) in [6, 6.07) is 28.8. The van der Waals surface area contributed by atoms with Gasteiger partial charge in [0.25, 0.3) is 11.5 Å². The minimum absolute atomic E-state index is 0.269. The van der Waals surface area contributed by atoms with Crippen molar-refractivity contribution in [3.05, 3.63) is 150 Å². The third-order valence-electron chi connectivity index (χ3n) is 7.48. The summed E-state index contributed by atoms with van der Waals surface area (Å²) in [6.07, 6.45) is 1.79. The molecule has 0 bridgehead atoms. The van der Waals surface area contributed by atoms with E-state index in [-0.39, 0.29) is 11.5 Å². The second-order valence-electron chi connectivity index (χ2n) is 10.5. The van der Waals surface area contributed by atoms with E-state index in [1.807, 2.05) is 97.1 Å². The third kappa shape index (κ3) is 6.47. The normalized spacial score (nSPS) is 14.3. The summed E-state index contributed by atoms with van der Waals surface area (Å²) in [5.74, 6) is 1.35. The monoisotopic (exact) mass is 651 g/mol. The van der Waals surface area contributed by atoms with Crippen LogP contribution in [-0.4, -0.2) is 24.7 Å². The highest BCUT2D eigenvalue weighted by Crippen LogP contribution is 2.33. The zero-order valence-corrected chi connectivity index (χ0v) is 26.9. The minimum atomic E-state index is -0.728. The summed E-state index contributed by atoms with van der Waals surface area (Å²) in [4.78, 5) is 33.1. The number of ether oxygens (including phenoxy) is 3. The van der Waals surface area contributed by atoms with Crippen LogP contribution in [0.1, 0.15) is 29.7 Å². The number of allylic oxidation sites excluding steroid dienone is 1. The Hall–Kier alpha value is -5.12. The molecule has 1 aliphatic rings. The molecule has 0 unspecified atom stereocenters. The quantitative estimate of drug-likeness (QED) is 0.207. The molecule has 2 heterocycles. The molecule has 0 radical (unpaired) electrons. The molecule has 0 fully saturated rings. The van der Waals surface area contributed by atoms with Crippen LogP contribution >= 0.6 is 22.9 Å². The number of aromatic nitrogens is 1. The molecule has 10 heteroatoms. The molecule has 1 aliphatic heterocycles. The van der Waals surface area contributed by atoms with Crippen molar-refractivity contribution in [3.8, 4) is 17.2 Å². The summed E-state index contributed by atoms with van der Waals surface area (Å²) < 4.78 is 19.1. The Bertz CT molecular complexity index is 2140. The molecule has 5 aromatic rings. The van der Waals surface area contributed by atoms with Crippen LogP contribution in [0.4, 0.5) is 5.69 Å². The average Bonchev–Trinajstić information content (AvgIpc) is 3.37. The number of benzene rings is 4. The predicted molar refractivity (Wildman–Crippen MR) is 181 cm³/mol. The van der Waals surface area contributed by atoms with Gasteiger partial charge in [0.05, 0.1) is 36.1 Å². The molecule has 46 heavy (non-hydrogen) atoms. The van der Waals surface area contributed by atoms with Crippen LogP contribution in [0.25, 0.3) is 6.08 Å². The molecule has 4 aromatic carbocycles. The predicted octanol–water partition coefficient (Wildman–Crippen LogP) is 6.12. The zero-order valence-electron chi connectivity index (χ0n) is 25.3. The maximum atomic E-state index is 14.1. The average molecular weight is 652 g/mol. The lowest BCUT2D eigenvalue weighted by Crippen LogP contribution is -2.40. The van der Waals surface area contributed by atoms with Gasteiger partial charge in [-0.2, -0.15) is 0 Å². The topological polar surface area (TPSA) is 91.2 Å². The molecule has 232 valence electrons. The van der Waals surface area contributed by atoms with Gasteiger partial charge in [-0.05, 0) is 78.2 Å². The lowest BCUT2D eigenvalue weighted by atomic mass is 9.95. The van der Waals surface area contributed by atoms with Gasteiger partial charge in [-0.15, -0.1) is 0 Å². The number of carbonyl (C=O) groups excluding carboxylic acids is 1. The number of nitrogens with zero attached hydrogens (tertiary/aromatic N) is 2. The lowest BCUT2D eigenvalue weighted by Gasteiger charge is -2.25. The Morgan fingerprint density at radius 2 is 1.76 bits per heavy atom. The standard InChI is InChI=1S/C36H30ClN3O5S/c1-22-32(34(41)39-27-12-5-4-6-13-27)33(25-10-8-14-28(20-25)43-2)40-35(42)31(46-36(40)38-22)19-23-15-16-29(30(18-23)44-3)45-21-24-9-7-11-26(37)17-24/h4-20,33H,21H2,1-3H3,(H,39,41)/b31-19-/t33-/m1/s1. The summed E-state index contributed by atoms with van der Waals surface area (Å²) in [6.45, 7) is 2.11. The molecule has 0 saturated heterocycles. The minimum Gasteiger partial charge on any atom is -0.497 e. The zero-order chi connectivity index (χ0) is 32.2. The van der Waals surface area contributed by atoms with E-state index >= 15 is 0 Å². The number of hydrogen-bond acceptors (Lipinski definition) is 7. The smallest absolute Gasteiger partial charge is 0.271 e. The van der Waals surface area contributed by atoms with Crippen molar-refractivity contribution in [2.45, 2.75) is 19.6 Å². The van der Waals surface area contributed by atoms with Crippen LogP contribution in [-0.2, 0) is 11.4 Å². The number of hydrogen-bond donors (Lipinski definition) is 1. The Balaban J connectivity index is 1.39. The molecule has 0 aliphatic carbocycles. The van der Waals surface area contributed by atoms with Crippen LogP contribution in [0.5, 0.6) is 17.2 Å². The number of amides is 1. The van der Waals surface area contributed by atoms with Crippen molar-refractivity contribution in [2.75, 3.05) is 19.5 Å². The second-order valence-corrected chi connectivity index (χ2v) is 12.0. The highest BCUT2D eigenvalue weighted by atomic mass is 35.5. The summed E-state index contributed by atoms with van der Waals surface area (Å²) in [5.41, 5.74) is 3.67. The molecule has 1 N–H and O–H groups in total. The first-order chi connectivity index (χ1) is 22.3. The number of para-hydroxylation sites is 1. The number of rotatable bonds is 9. The van der Waals surface area contributed by atoms with Gasteiger partial charge in [-0.25, -0.2) is 4.99 Å². The van der Waals surface area contributed by atoms with Gasteiger partial charge >= 0.3 is 0 Å². The van der Waals surface area contributed by atoms with Gasteiger partial charge < -0.3 is 19.5 Å². The molecule has 1 atom stereocenters. The maximum absolute atomic E-state index is 14.1. The fraction of sp³-hybridized carbons (Fsp3) is 0.139. The number of anilines is 1. The number of fused-ring (bicyclic) bond motifs is 1. The molecular formula is C36H30ClN3O5S. The van der Waals surface area contributed by atoms with E-state index in [9.17, 15) is 9.59 Å². The largest absolute Gasteiger partial charge is 0.497 e. The molecule has 6 rings (SSSR count). The third-order valence-corrected chi connectivity index (χ3v) is 8.69. The first kappa shape index (κ1) is 30.9. The molecule has 0 saturated carbocycles.